The van der Waals surface area contributed by atoms with E-state index >= 15 is 0 Å². The van der Waals surface area contributed by atoms with E-state index in [0.29, 0.717) is 23.9 Å². The molecule has 7 nitrogen and oxygen atoms in total. The third-order valence-electron chi connectivity index (χ3n) is 6.73. The maximum absolute atomic E-state index is 13.1. The highest BCUT2D eigenvalue weighted by Gasteiger charge is 2.45. The number of piperidine rings is 2. The number of nitrogens with zero attached hydrogens (tertiary/aromatic N) is 4. The molecule has 2 atom stereocenters. The number of carbonyl (C=O) groups excluding carboxylic acids is 1. The zero-order valence-electron chi connectivity index (χ0n) is 16.9. The van der Waals surface area contributed by atoms with Gasteiger partial charge in [-0.3, -0.25) is 4.79 Å². The van der Waals surface area contributed by atoms with E-state index in [-0.39, 0.29) is 17.4 Å². The molecule has 1 N–H and O–H groups in total. The second-order valence-corrected chi connectivity index (χ2v) is 9.04. The van der Waals surface area contributed by atoms with Gasteiger partial charge in [0.2, 0.25) is 11.7 Å². The molecule has 154 valence electrons. The Morgan fingerprint density at radius 2 is 1.97 bits per heavy atom. The number of hydrogen-bond donors (Lipinski definition) is 1. The molecular formula is C22H28N4O3. The summed E-state index contributed by atoms with van der Waals surface area (Å²) in [5.41, 5.74) is 1.32. The highest BCUT2D eigenvalue weighted by atomic mass is 16.5. The SMILES string of the molecule is CN1CC[C@H](O)[C@@]2(CCCN(C(=O)c3ccc(-c4noc(C5CC5)n4)cc3)C2)C1. The van der Waals surface area contributed by atoms with Crippen LogP contribution in [0.25, 0.3) is 11.4 Å². The minimum absolute atomic E-state index is 0.0304. The molecule has 3 fully saturated rings. The number of hydrogen-bond acceptors (Lipinski definition) is 6. The topological polar surface area (TPSA) is 82.7 Å². The van der Waals surface area contributed by atoms with Crippen LogP contribution in [0.3, 0.4) is 0 Å². The molecule has 0 unspecified atom stereocenters. The Labute approximate surface area is 170 Å². The van der Waals surface area contributed by atoms with Crippen LogP contribution in [-0.2, 0) is 0 Å². The Bertz CT molecular complexity index is 892. The maximum atomic E-state index is 13.1. The van der Waals surface area contributed by atoms with Crippen LogP contribution in [0, 0.1) is 5.41 Å². The van der Waals surface area contributed by atoms with E-state index in [1.54, 1.807) is 0 Å². The average molecular weight is 396 g/mol. The van der Waals surface area contributed by atoms with Crippen molar-refractivity contribution in [3.8, 4) is 11.4 Å². The summed E-state index contributed by atoms with van der Waals surface area (Å²) in [4.78, 5) is 21.8. The highest BCUT2D eigenvalue weighted by molar-refractivity contribution is 5.94. The molecule has 1 amide bonds. The minimum atomic E-state index is -0.337. The largest absolute Gasteiger partial charge is 0.392 e. The molecule has 3 heterocycles. The first-order valence-corrected chi connectivity index (χ1v) is 10.6. The second kappa shape index (κ2) is 7.22. The first-order valence-electron chi connectivity index (χ1n) is 10.6. The molecule has 29 heavy (non-hydrogen) atoms. The first kappa shape index (κ1) is 18.8. The van der Waals surface area contributed by atoms with Crippen molar-refractivity contribution in [1.82, 2.24) is 19.9 Å². The van der Waals surface area contributed by atoms with E-state index in [0.717, 1.165) is 63.2 Å². The highest BCUT2D eigenvalue weighted by Crippen LogP contribution is 2.40. The van der Waals surface area contributed by atoms with Crippen molar-refractivity contribution in [3.63, 3.8) is 0 Å². The molecule has 2 aliphatic heterocycles. The Morgan fingerprint density at radius 3 is 2.72 bits per heavy atom. The predicted octanol–water partition coefficient (Wildman–Crippen LogP) is 2.53. The van der Waals surface area contributed by atoms with Gasteiger partial charge < -0.3 is 19.4 Å². The molecular weight excluding hydrogens is 368 g/mol. The lowest BCUT2D eigenvalue weighted by atomic mass is 9.71. The quantitative estimate of drug-likeness (QED) is 0.859. The van der Waals surface area contributed by atoms with Crippen molar-refractivity contribution < 1.29 is 14.4 Å². The summed E-state index contributed by atoms with van der Waals surface area (Å²) < 4.78 is 5.33. The van der Waals surface area contributed by atoms with Gasteiger partial charge in [-0.25, -0.2) is 0 Å². The van der Waals surface area contributed by atoms with Crippen LogP contribution in [-0.4, -0.2) is 70.3 Å². The fourth-order valence-corrected chi connectivity index (χ4v) is 4.90. The first-order chi connectivity index (χ1) is 14.0. The van der Waals surface area contributed by atoms with E-state index in [4.69, 9.17) is 4.52 Å². The lowest BCUT2D eigenvalue weighted by Gasteiger charge is -2.50. The number of carbonyl (C=O) groups is 1. The maximum Gasteiger partial charge on any atom is 0.253 e. The zero-order chi connectivity index (χ0) is 20.0. The van der Waals surface area contributed by atoms with Gasteiger partial charge in [0, 0.05) is 48.6 Å². The summed E-state index contributed by atoms with van der Waals surface area (Å²) >= 11 is 0. The fourth-order valence-electron chi connectivity index (χ4n) is 4.90. The van der Waals surface area contributed by atoms with Crippen molar-refractivity contribution in [3.05, 3.63) is 35.7 Å². The van der Waals surface area contributed by atoms with Crippen LogP contribution >= 0.6 is 0 Å². The van der Waals surface area contributed by atoms with Crippen molar-refractivity contribution in [2.24, 2.45) is 5.41 Å². The summed E-state index contributed by atoms with van der Waals surface area (Å²) in [6.45, 7) is 3.12. The third-order valence-corrected chi connectivity index (χ3v) is 6.73. The summed E-state index contributed by atoms with van der Waals surface area (Å²) in [7, 11) is 2.10. The Balaban J connectivity index is 1.30. The Kier molecular flexibility index (Phi) is 4.67. The van der Waals surface area contributed by atoms with Gasteiger partial charge in [0.05, 0.1) is 6.10 Å². The van der Waals surface area contributed by atoms with Gasteiger partial charge in [0.1, 0.15) is 0 Å². The number of likely N-dealkylation sites (tertiary alicyclic amines) is 2. The van der Waals surface area contributed by atoms with Crippen LogP contribution in [0.4, 0.5) is 0 Å². The fraction of sp³-hybridized carbons (Fsp3) is 0.591. The molecule has 1 aromatic heterocycles. The molecule has 3 aliphatic rings. The normalized spacial score (nSPS) is 28.1. The molecule has 1 aromatic carbocycles. The molecule has 1 spiro atoms. The number of benzene rings is 1. The van der Waals surface area contributed by atoms with Gasteiger partial charge in [0.15, 0.2) is 0 Å². The smallest absolute Gasteiger partial charge is 0.253 e. The summed E-state index contributed by atoms with van der Waals surface area (Å²) in [5.74, 6) is 1.76. The van der Waals surface area contributed by atoms with Gasteiger partial charge in [-0.2, -0.15) is 4.98 Å². The monoisotopic (exact) mass is 396 g/mol. The molecule has 7 heteroatoms. The number of aliphatic hydroxyl groups excluding tert-OH is 1. The van der Waals surface area contributed by atoms with Crippen LogP contribution in [0.2, 0.25) is 0 Å². The standard InChI is InChI=1S/C22H28N4O3/c1-25-12-9-18(27)22(13-25)10-2-11-26(14-22)21(28)17-7-3-15(4-8-17)19-23-20(29-24-19)16-5-6-16/h3-4,7-8,16,18,27H,2,5-6,9-14H2,1H3/t18-,22-/m0/s1. The molecule has 0 radical (unpaired) electrons. The molecule has 1 saturated carbocycles. The van der Waals surface area contributed by atoms with Crippen LogP contribution in [0.1, 0.15) is 54.3 Å². The van der Waals surface area contributed by atoms with Crippen molar-refractivity contribution >= 4 is 5.91 Å². The lowest BCUT2D eigenvalue weighted by Crippen LogP contribution is -2.59. The average Bonchev–Trinajstić information content (AvgIpc) is 3.47. The Hall–Kier alpha value is -2.25. The van der Waals surface area contributed by atoms with Gasteiger partial charge in [0.25, 0.3) is 5.91 Å². The van der Waals surface area contributed by atoms with E-state index in [2.05, 4.69) is 22.1 Å². The predicted molar refractivity (Wildman–Crippen MR) is 107 cm³/mol. The Morgan fingerprint density at radius 1 is 1.17 bits per heavy atom. The van der Waals surface area contributed by atoms with Gasteiger partial charge in [-0.15, -0.1) is 0 Å². The minimum Gasteiger partial charge on any atom is -0.392 e. The van der Waals surface area contributed by atoms with Gasteiger partial charge >= 0.3 is 0 Å². The van der Waals surface area contributed by atoms with E-state index in [1.807, 2.05) is 29.2 Å². The number of amides is 1. The van der Waals surface area contributed by atoms with Gasteiger partial charge in [-0.05, 0) is 51.3 Å². The second-order valence-electron chi connectivity index (χ2n) is 9.04. The van der Waals surface area contributed by atoms with Crippen LogP contribution < -0.4 is 0 Å². The lowest BCUT2D eigenvalue weighted by molar-refractivity contribution is -0.0731. The number of rotatable bonds is 3. The number of aromatic nitrogens is 2. The number of aliphatic hydroxyl groups is 1. The molecule has 5 rings (SSSR count). The van der Waals surface area contributed by atoms with E-state index in [9.17, 15) is 9.90 Å². The summed E-state index contributed by atoms with van der Waals surface area (Å²) in [6, 6.07) is 7.46. The molecule has 1 aliphatic carbocycles. The van der Waals surface area contributed by atoms with Crippen LogP contribution in [0.15, 0.2) is 28.8 Å². The van der Waals surface area contributed by atoms with E-state index < -0.39 is 0 Å². The zero-order valence-corrected chi connectivity index (χ0v) is 16.9. The molecule has 0 bridgehead atoms. The van der Waals surface area contributed by atoms with Crippen molar-refractivity contribution in [1.29, 1.82) is 0 Å². The summed E-state index contributed by atoms with van der Waals surface area (Å²) in [6.07, 6.45) is 4.59. The third kappa shape index (κ3) is 3.57. The summed E-state index contributed by atoms with van der Waals surface area (Å²) in [5, 5.41) is 14.8. The molecule has 2 aromatic rings. The van der Waals surface area contributed by atoms with Gasteiger partial charge in [-0.1, -0.05) is 17.3 Å². The molecule has 2 saturated heterocycles. The van der Waals surface area contributed by atoms with Crippen LogP contribution in [0.5, 0.6) is 0 Å². The van der Waals surface area contributed by atoms with Crippen molar-refractivity contribution in [2.45, 2.75) is 44.1 Å². The van der Waals surface area contributed by atoms with E-state index in [1.165, 1.54) is 0 Å². The van der Waals surface area contributed by atoms with Crippen molar-refractivity contribution in [2.75, 3.05) is 33.2 Å².